The number of hydrogen-bond donors (Lipinski definition) is 2. The maximum atomic E-state index is 13.1. The first-order chi connectivity index (χ1) is 14.2. The monoisotopic (exact) mass is 403 g/mol. The van der Waals surface area contributed by atoms with E-state index in [9.17, 15) is 9.59 Å². The fraction of sp³-hybridized carbons (Fsp3) is 0.0455. The van der Waals surface area contributed by atoms with E-state index in [4.69, 9.17) is 0 Å². The maximum absolute atomic E-state index is 13.1. The molecule has 0 saturated heterocycles. The SMILES string of the molecule is O=C(Nc1cccc(-c2noc(=O)[nH]2)c1)C(Sc1ccccc1)c1ccccc1. The van der Waals surface area contributed by atoms with Crippen molar-refractivity contribution in [1.29, 1.82) is 0 Å². The number of benzene rings is 3. The number of carbonyl (C=O) groups is 1. The summed E-state index contributed by atoms with van der Waals surface area (Å²) in [5.41, 5.74) is 2.16. The second-order valence-electron chi connectivity index (χ2n) is 6.24. The molecule has 1 atom stereocenters. The van der Waals surface area contributed by atoms with Crippen molar-refractivity contribution in [2.45, 2.75) is 10.1 Å². The van der Waals surface area contributed by atoms with E-state index < -0.39 is 11.0 Å². The standard InChI is InChI=1S/C22H17N3O3S/c26-21(23-17-11-7-10-16(14-17)20-24-22(27)28-25-20)19(15-8-3-1-4-9-15)29-18-12-5-2-6-13-18/h1-14,19H,(H,23,26)(H,24,25,27). The Morgan fingerprint density at radius 2 is 1.69 bits per heavy atom. The zero-order chi connectivity index (χ0) is 20.1. The minimum absolute atomic E-state index is 0.143. The topological polar surface area (TPSA) is 88.0 Å². The van der Waals surface area contributed by atoms with Gasteiger partial charge in [0.15, 0.2) is 5.82 Å². The average Bonchev–Trinajstić information content (AvgIpc) is 3.20. The average molecular weight is 403 g/mol. The van der Waals surface area contributed by atoms with Gasteiger partial charge in [-0.05, 0) is 29.8 Å². The van der Waals surface area contributed by atoms with E-state index in [2.05, 4.69) is 20.0 Å². The van der Waals surface area contributed by atoms with E-state index in [0.717, 1.165) is 10.5 Å². The number of aromatic amines is 1. The lowest BCUT2D eigenvalue weighted by Crippen LogP contribution is -2.19. The van der Waals surface area contributed by atoms with Crippen molar-refractivity contribution in [1.82, 2.24) is 10.1 Å². The quantitative estimate of drug-likeness (QED) is 0.463. The summed E-state index contributed by atoms with van der Waals surface area (Å²) in [7, 11) is 0. The minimum Gasteiger partial charge on any atom is -0.325 e. The van der Waals surface area contributed by atoms with Crippen LogP contribution in [0.2, 0.25) is 0 Å². The molecule has 4 rings (SSSR count). The number of rotatable bonds is 6. The maximum Gasteiger partial charge on any atom is 0.439 e. The Morgan fingerprint density at radius 1 is 0.966 bits per heavy atom. The Labute approximate surface area is 171 Å². The third kappa shape index (κ3) is 4.64. The summed E-state index contributed by atoms with van der Waals surface area (Å²) in [6.45, 7) is 0. The van der Waals surface area contributed by atoms with Crippen molar-refractivity contribution < 1.29 is 9.32 Å². The van der Waals surface area contributed by atoms with Crippen LogP contribution in [-0.2, 0) is 4.79 Å². The normalized spacial score (nSPS) is 11.7. The molecule has 0 aliphatic carbocycles. The van der Waals surface area contributed by atoms with Crippen LogP contribution in [0.25, 0.3) is 11.4 Å². The molecule has 6 nitrogen and oxygen atoms in total. The molecule has 1 unspecified atom stereocenters. The van der Waals surface area contributed by atoms with Gasteiger partial charge < -0.3 is 5.32 Å². The zero-order valence-corrected chi connectivity index (χ0v) is 16.1. The van der Waals surface area contributed by atoms with Crippen LogP contribution in [-0.4, -0.2) is 16.0 Å². The number of H-pyrrole nitrogens is 1. The van der Waals surface area contributed by atoms with Gasteiger partial charge in [-0.25, -0.2) is 4.79 Å². The van der Waals surface area contributed by atoms with Crippen molar-refractivity contribution in [3.63, 3.8) is 0 Å². The molecule has 29 heavy (non-hydrogen) atoms. The highest BCUT2D eigenvalue weighted by atomic mass is 32.2. The van der Waals surface area contributed by atoms with Crippen LogP contribution in [0.4, 0.5) is 5.69 Å². The molecule has 1 amide bonds. The minimum atomic E-state index is -0.627. The Bertz CT molecular complexity index is 1160. The van der Waals surface area contributed by atoms with Crippen LogP contribution in [0.1, 0.15) is 10.8 Å². The van der Waals surface area contributed by atoms with Crippen molar-refractivity contribution in [3.05, 3.63) is 101 Å². The summed E-state index contributed by atoms with van der Waals surface area (Å²) in [4.78, 5) is 27.8. The van der Waals surface area contributed by atoms with E-state index in [0.29, 0.717) is 17.1 Å². The van der Waals surface area contributed by atoms with Gasteiger partial charge in [0.2, 0.25) is 5.91 Å². The fourth-order valence-electron chi connectivity index (χ4n) is 2.84. The highest BCUT2D eigenvalue weighted by molar-refractivity contribution is 8.00. The van der Waals surface area contributed by atoms with E-state index in [1.54, 1.807) is 24.3 Å². The Hall–Kier alpha value is -3.58. The third-order valence-electron chi connectivity index (χ3n) is 4.18. The second kappa shape index (κ2) is 8.62. The van der Waals surface area contributed by atoms with Crippen molar-refractivity contribution in [2.24, 2.45) is 0 Å². The van der Waals surface area contributed by atoms with E-state index in [1.165, 1.54) is 11.8 Å². The van der Waals surface area contributed by atoms with Gasteiger partial charge in [-0.2, -0.15) is 0 Å². The molecule has 0 saturated carbocycles. The lowest BCUT2D eigenvalue weighted by molar-refractivity contribution is -0.115. The number of thioether (sulfide) groups is 1. The molecular weight excluding hydrogens is 386 g/mol. The number of nitrogens with zero attached hydrogens (tertiary/aromatic N) is 1. The predicted octanol–water partition coefficient (Wildman–Crippen LogP) is 4.50. The fourth-order valence-corrected chi connectivity index (χ4v) is 3.89. The smallest absolute Gasteiger partial charge is 0.325 e. The Balaban J connectivity index is 1.59. The summed E-state index contributed by atoms with van der Waals surface area (Å²) < 4.78 is 4.55. The number of carbonyl (C=O) groups excluding carboxylic acids is 1. The van der Waals surface area contributed by atoms with Gasteiger partial charge in [0, 0.05) is 16.1 Å². The first-order valence-corrected chi connectivity index (χ1v) is 9.81. The van der Waals surface area contributed by atoms with Crippen LogP contribution in [0.15, 0.2) is 99.1 Å². The first-order valence-electron chi connectivity index (χ1n) is 8.93. The highest BCUT2D eigenvalue weighted by Crippen LogP contribution is 2.36. The van der Waals surface area contributed by atoms with Gasteiger partial charge in [-0.3, -0.25) is 14.3 Å². The van der Waals surface area contributed by atoms with Crippen LogP contribution in [0.5, 0.6) is 0 Å². The largest absolute Gasteiger partial charge is 0.439 e. The number of aromatic nitrogens is 2. The van der Waals surface area contributed by atoms with Gasteiger partial charge in [-0.15, -0.1) is 11.8 Å². The summed E-state index contributed by atoms with van der Waals surface area (Å²) in [6.07, 6.45) is 0. The number of nitrogens with one attached hydrogen (secondary N) is 2. The summed E-state index contributed by atoms with van der Waals surface area (Å²) in [5, 5.41) is 6.23. The molecule has 144 valence electrons. The van der Waals surface area contributed by atoms with Crippen molar-refractivity contribution in [3.8, 4) is 11.4 Å². The number of anilines is 1. The third-order valence-corrected chi connectivity index (χ3v) is 5.45. The van der Waals surface area contributed by atoms with E-state index >= 15 is 0 Å². The second-order valence-corrected chi connectivity index (χ2v) is 7.41. The molecule has 2 N–H and O–H groups in total. The van der Waals surface area contributed by atoms with Gasteiger partial charge in [0.25, 0.3) is 0 Å². The summed E-state index contributed by atoms with van der Waals surface area (Å²) in [5.74, 6) is -0.460. The molecule has 0 fully saturated rings. The molecule has 0 aliphatic rings. The molecule has 0 aliphatic heterocycles. The van der Waals surface area contributed by atoms with Crippen molar-refractivity contribution in [2.75, 3.05) is 5.32 Å². The van der Waals surface area contributed by atoms with Crippen LogP contribution in [0, 0.1) is 0 Å². The van der Waals surface area contributed by atoms with Crippen molar-refractivity contribution >= 4 is 23.4 Å². The van der Waals surface area contributed by atoms with E-state index in [-0.39, 0.29) is 5.91 Å². The zero-order valence-electron chi connectivity index (χ0n) is 15.2. The number of amides is 1. The van der Waals surface area contributed by atoms with Gasteiger partial charge in [-0.1, -0.05) is 65.8 Å². The highest BCUT2D eigenvalue weighted by Gasteiger charge is 2.22. The first kappa shape index (κ1) is 18.8. The Kier molecular flexibility index (Phi) is 5.58. The molecule has 4 aromatic rings. The molecule has 1 aromatic heterocycles. The van der Waals surface area contributed by atoms with E-state index in [1.807, 2.05) is 60.7 Å². The summed E-state index contributed by atoms with van der Waals surface area (Å²) in [6, 6.07) is 26.5. The van der Waals surface area contributed by atoms with Crippen LogP contribution >= 0.6 is 11.8 Å². The predicted molar refractivity (Wildman–Crippen MR) is 113 cm³/mol. The molecular formula is C22H17N3O3S. The number of hydrogen-bond acceptors (Lipinski definition) is 5. The van der Waals surface area contributed by atoms with Crippen LogP contribution in [0.3, 0.4) is 0 Å². The lowest BCUT2D eigenvalue weighted by Gasteiger charge is -2.17. The molecule has 3 aromatic carbocycles. The molecule has 7 heteroatoms. The molecule has 0 bridgehead atoms. The van der Waals surface area contributed by atoms with Crippen LogP contribution < -0.4 is 11.1 Å². The lowest BCUT2D eigenvalue weighted by atomic mass is 10.1. The Morgan fingerprint density at radius 3 is 2.38 bits per heavy atom. The molecule has 0 radical (unpaired) electrons. The van der Waals surface area contributed by atoms with Gasteiger partial charge in [0.1, 0.15) is 5.25 Å². The molecule has 1 heterocycles. The van der Waals surface area contributed by atoms with Gasteiger partial charge in [0.05, 0.1) is 0 Å². The summed E-state index contributed by atoms with van der Waals surface area (Å²) >= 11 is 1.49. The van der Waals surface area contributed by atoms with Gasteiger partial charge >= 0.3 is 5.76 Å². The molecule has 0 spiro atoms.